The molecule has 1 rings (SSSR count). The third kappa shape index (κ3) is 5.31. The van der Waals surface area contributed by atoms with Crippen molar-refractivity contribution in [1.82, 2.24) is 4.90 Å². The second-order valence-electron chi connectivity index (χ2n) is 5.28. The SMILES string of the molecule is CC(N)C(C)C(=O)N(C)C(C)Cc1ccc(Cl)cc1.Cl. The summed E-state index contributed by atoms with van der Waals surface area (Å²) in [7, 11) is 1.84. The van der Waals surface area contributed by atoms with E-state index in [0.29, 0.717) is 0 Å². The Labute approximate surface area is 132 Å². The van der Waals surface area contributed by atoms with Crippen molar-refractivity contribution in [3.05, 3.63) is 34.9 Å². The van der Waals surface area contributed by atoms with E-state index in [4.69, 9.17) is 17.3 Å². The number of benzene rings is 1. The summed E-state index contributed by atoms with van der Waals surface area (Å²) in [5.41, 5.74) is 6.95. The maximum Gasteiger partial charge on any atom is 0.226 e. The zero-order valence-electron chi connectivity index (χ0n) is 12.5. The molecule has 5 heteroatoms. The summed E-state index contributed by atoms with van der Waals surface area (Å²) in [6.45, 7) is 5.78. The number of hydrogen-bond acceptors (Lipinski definition) is 2. The third-order valence-corrected chi connectivity index (χ3v) is 3.88. The first kappa shape index (κ1) is 19.2. The lowest BCUT2D eigenvalue weighted by Gasteiger charge is -2.29. The molecule has 0 radical (unpaired) electrons. The van der Waals surface area contributed by atoms with Gasteiger partial charge in [0.1, 0.15) is 0 Å². The van der Waals surface area contributed by atoms with Crippen LogP contribution in [-0.4, -0.2) is 29.9 Å². The standard InChI is InChI=1S/C15H23ClN2O.ClH/c1-10(9-13-5-7-14(16)8-6-13)18(4)15(19)11(2)12(3)17;/h5-8,10-12H,9,17H2,1-4H3;1H. The molecular weight excluding hydrogens is 295 g/mol. The van der Waals surface area contributed by atoms with Crippen LogP contribution in [0.15, 0.2) is 24.3 Å². The Morgan fingerprint density at radius 1 is 1.25 bits per heavy atom. The van der Waals surface area contributed by atoms with Gasteiger partial charge in [-0.1, -0.05) is 30.7 Å². The van der Waals surface area contributed by atoms with Crippen molar-refractivity contribution in [3.63, 3.8) is 0 Å². The van der Waals surface area contributed by atoms with Crippen LogP contribution in [0.25, 0.3) is 0 Å². The average Bonchev–Trinajstić information content (AvgIpc) is 2.38. The number of nitrogens with two attached hydrogens (primary N) is 1. The molecule has 0 spiro atoms. The summed E-state index contributed by atoms with van der Waals surface area (Å²) in [6, 6.07) is 7.73. The van der Waals surface area contributed by atoms with E-state index in [2.05, 4.69) is 0 Å². The Hall–Kier alpha value is -0.770. The quantitative estimate of drug-likeness (QED) is 0.906. The Kier molecular flexibility index (Phi) is 8.17. The molecule has 3 nitrogen and oxygen atoms in total. The molecule has 0 aromatic heterocycles. The van der Waals surface area contributed by atoms with Crippen molar-refractivity contribution in [2.45, 2.75) is 39.3 Å². The van der Waals surface area contributed by atoms with Gasteiger partial charge in [-0.15, -0.1) is 12.4 Å². The number of hydrogen-bond donors (Lipinski definition) is 1. The van der Waals surface area contributed by atoms with Gasteiger partial charge >= 0.3 is 0 Å². The zero-order valence-corrected chi connectivity index (χ0v) is 14.0. The van der Waals surface area contributed by atoms with Crippen LogP contribution in [0.2, 0.25) is 5.02 Å². The topological polar surface area (TPSA) is 46.3 Å². The van der Waals surface area contributed by atoms with Crippen LogP contribution < -0.4 is 5.73 Å². The largest absolute Gasteiger partial charge is 0.342 e. The second kappa shape index (κ2) is 8.50. The molecular formula is C15H24Cl2N2O. The molecule has 1 amide bonds. The van der Waals surface area contributed by atoms with Crippen LogP contribution in [-0.2, 0) is 11.2 Å². The van der Waals surface area contributed by atoms with Gasteiger partial charge in [0.25, 0.3) is 0 Å². The lowest BCUT2D eigenvalue weighted by Crippen LogP contribution is -2.44. The number of halogens is 2. The Balaban J connectivity index is 0.00000361. The Morgan fingerprint density at radius 2 is 1.75 bits per heavy atom. The number of nitrogens with zero attached hydrogens (tertiary/aromatic N) is 1. The van der Waals surface area contributed by atoms with Crippen molar-refractivity contribution >= 4 is 29.9 Å². The van der Waals surface area contributed by atoms with E-state index in [0.717, 1.165) is 11.4 Å². The minimum absolute atomic E-state index is 0. The molecule has 2 N–H and O–H groups in total. The molecule has 0 aliphatic heterocycles. The van der Waals surface area contributed by atoms with E-state index in [1.807, 2.05) is 52.1 Å². The fourth-order valence-corrected chi connectivity index (χ4v) is 1.99. The predicted molar refractivity (Wildman–Crippen MR) is 87.4 cm³/mol. The lowest BCUT2D eigenvalue weighted by molar-refractivity contribution is -0.135. The summed E-state index contributed by atoms with van der Waals surface area (Å²) in [4.78, 5) is 14.0. The average molecular weight is 319 g/mol. The molecule has 0 aliphatic rings. The van der Waals surface area contributed by atoms with Crippen molar-refractivity contribution in [3.8, 4) is 0 Å². The first-order valence-corrected chi connectivity index (χ1v) is 6.97. The van der Waals surface area contributed by atoms with E-state index in [1.165, 1.54) is 5.56 Å². The second-order valence-corrected chi connectivity index (χ2v) is 5.71. The van der Waals surface area contributed by atoms with Gasteiger partial charge in [0, 0.05) is 24.2 Å². The van der Waals surface area contributed by atoms with Gasteiger partial charge in [0.05, 0.1) is 5.92 Å². The minimum Gasteiger partial charge on any atom is -0.342 e. The third-order valence-electron chi connectivity index (χ3n) is 3.63. The summed E-state index contributed by atoms with van der Waals surface area (Å²) in [5.74, 6) is -0.0610. The summed E-state index contributed by atoms with van der Waals surface area (Å²) < 4.78 is 0. The molecule has 114 valence electrons. The molecule has 0 saturated heterocycles. The van der Waals surface area contributed by atoms with Gasteiger partial charge < -0.3 is 10.6 Å². The molecule has 0 heterocycles. The number of rotatable bonds is 5. The number of carbonyl (C=O) groups excluding carboxylic acids is 1. The molecule has 0 saturated carbocycles. The first-order valence-electron chi connectivity index (χ1n) is 6.59. The van der Waals surface area contributed by atoms with Crippen LogP contribution in [0.3, 0.4) is 0 Å². The van der Waals surface area contributed by atoms with Gasteiger partial charge in [0.15, 0.2) is 0 Å². The molecule has 1 aromatic rings. The van der Waals surface area contributed by atoms with Crippen LogP contribution in [0.5, 0.6) is 0 Å². The normalized spacial score (nSPS) is 14.9. The fourth-order valence-electron chi connectivity index (χ4n) is 1.86. The van der Waals surface area contributed by atoms with E-state index < -0.39 is 0 Å². The van der Waals surface area contributed by atoms with E-state index in [9.17, 15) is 4.79 Å². The maximum atomic E-state index is 12.2. The van der Waals surface area contributed by atoms with Gasteiger partial charge in [0.2, 0.25) is 5.91 Å². The Bertz CT molecular complexity index is 420. The van der Waals surface area contributed by atoms with E-state index in [1.54, 1.807) is 4.90 Å². The lowest BCUT2D eigenvalue weighted by atomic mass is 10.0. The van der Waals surface area contributed by atoms with Gasteiger partial charge in [-0.2, -0.15) is 0 Å². The van der Waals surface area contributed by atoms with E-state index in [-0.39, 0.29) is 36.3 Å². The number of amides is 1. The molecule has 20 heavy (non-hydrogen) atoms. The fraction of sp³-hybridized carbons (Fsp3) is 0.533. The van der Waals surface area contributed by atoms with E-state index >= 15 is 0 Å². The monoisotopic (exact) mass is 318 g/mol. The van der Waals surface area contributed by atoms with Crippen molar-refractivity contribution in [2.75, 3.05) is 7.05 Å². The Morgan fingerprint density at radius 3 is 2.20 bits per heavy atom. The molecule has 3 unspecified atom stereocenters. The molecule has 1 aromatic carbocycles. The predicted octanol–water partition coefficient (Wildman–Crippen LogP) is 3.13. The van der Waals surface area contributed by atoms with Crippen LogP contribution >= 0.6 is 24.0 Å². The summed E-state index contributed by atoms with van der Waals surface area (Å²) in [5, 5.41) is 0.728. The van der Waals surface area contributed by atoms with Gasteiger partial charge in [-0.3, -0.25) is 4.79 Å². The van der Waals surface area contributed by atoms with Crippen LogP contribution in [0, 0.1) is 5.92 Å². The number of likely N-dealkylation sites (N-methyl/N-ethyl adjacent to an activating group) is 1. The summed E-state index contributed by atoms with van der Waals surface area (Å²) in [6.07, 6.45) is 0.811. The van der Waals surface area contributed by atoms with Gasteiger partial charge in [-0.05, 0) is 38.0 Å². The highest BCUT2D eigenvalue weighted by Gasteiger charge is 2.24. The van der Waals surface area contributed by atoms with Crippen molar-refractivity contribution in [1.29, 1.82) is 0 Å². The highest BCUT2D eigenvalue weighted by Crippen LogP contribution is 2.14. The summed E-state index contributed by atoms with van der Waals surface area (Å²) >= 11 is 5.86. The van der Waals surface area contributed by atoms with Crippen LogP contribution in [0.1, 0.15) is 26.3 Å². The zero-order chi connectivity index (χ0) is 14.6. The molecule has 0 aliphatic carbocycles. The first-order chi connectivity index (χ1) is 8.82. The smallest absolute Gasteiger partial charge is 0.226 e. The number of carbonyl (C=O) groups is 1. The van der Waals surface area contributed by atoms with Crippen molar-refractivity contribution in [2.24, 2.45) is 11.7 Å². The molecule has 3 atom stereocenters. The highest BCUT2D eigenvalue weighted by molar-refractivity contribution is 6.30. The highest BCUT2D eigenvalue weighted by atomic mass is 35.5. The van der Waals surface area contributed by atoms with Gasteiger partial charge in [-0.25, -0.2) is 0 Å². The maximum absolute atomic E-state index is 12.2. The molecule has 0 fully saturated rings. The van der Waals surface area contributed by atoms with Crippen molar-refractivity contribution < 1.29 is 4.79 Å². The minimum atomic E-state index is -0.155. The molecule has 0 bridgehead atoms. The van der Waals surface area contributed by atoms with Crippen LogP contribution in [0.4, 0.5) is 0 Å².